The SMILES string of the molecule is CCOC(=O)c1c(CN2CCS(=O)CC2)oc2ccccc12. The van der Waals surface area contributed by atoms with Crippen molar-refractivity contribution in [3.8, 4) is 0 Å². The molecule has 0 unspecified atom stereocenters. The molecule has 2 heterocycles. The van der Waals surface area contributed by atoms with Gasteiger partial charge in [0.05, 0.1) is 13.2 Å². The predicted molar refractivity (Wildman–Crippen MR) is 85.3 cm³/mol. The number of fused-ring (bicyclic) bond motifs is 1. The number of esters is 1. The number of benzene rings is 1. The summed E-state index contributed by atoms with van der Waals surface area (Å²) >= 11 is 0. The fraction of sp³-hybridized carbons (Fsp3) is 0.438. The quantitative estimate of drug-likeness (QED) is 0.808. The van der Waals surface area contributed by atoms with Crippen molar-refractivity contribution in [3.05, 3.63) is 35.6 Å². The Bertz CT molecular complexity index is 699. The Morgan fingerprint density at radius 2 is 2.05 bits per heavy atom. The summed E-state index contributed by atoms with van der Waals surface area (Å²) in [6.07, 6.45) is 0. The number of nitrogens with zero attached hydrogens (tertiary/aromatic N) is 1. The number of furan rings is 1. The van der Waals surface area contributed by atoms with E-state index in [2.05, 4.69) is 4.90 Å². The van der Waals surface area contributed by atoms with Crippen molar-refractivity contribution in [3.63, 3.8) is 0 Å². The van der Waals surface area contributed by atoms with Crippen molar-refractivity contribution in [2.24, 2.45) is 0 Å². The van der Waals surface area contributed by atoms with Crippen LogP contribution in [0.5, 0.6) is 0 Å². The molecule has 1 aromatic heterocycles. The van der Waals surface area contributed by atoms with Gasteiger partial charge in [-0.2, -0.15) is 0 Å². The van der Waals surface area contributed by atoms with Crippen LogP contribution in [0.25, 0.3) is 11.0 Å². The number of para-hydroxylation sites is 1. The molecule has 5 nitrogen and oxygen atoms in total. The number of rotatable bonds is 4. The lowest BCUT2D eigenvalue weighted by Gasteiger charge is -2.25. The molecule has 6 heteroatoms. The first-order valence-electron chi connectivity index (χ1n) is 7.44. The lowest BCUT2D eigenvalue weighted by Crippen LogP contribution is -2.37. The van der Waals surface area contributed by atoms with Crippen molar-refractivity contribution < 1.29 is 18.2 Å². The van der Waals surface area contributed by atoms with Gasteiger partial charge < -0.3 is 9.15 Å². The van der Waals surface area contributed by atoms with E-state index in [0.717, 1.165) is 18.5 Å². The van der Waals surface area contributed by atoms with Gasteiger partial charge in [-0.25, -0.2) is 4.79 Å². The van der Waals surface area contributed by atoms with E-state index in [1.54, 1.807) is 6.92 Å². The first kappa shape index (κ1) is 15.2. The topological polar surface area (TPSA) is 59.8 Å². The minimum atomic E-state index is -0.715. The fourth-order valence-electron chi connectivity index (χ4n) is 2.67. The van der Waals surface area contributed by atoms with Crippen LogP contribution in [0.1, 0.15) is 23.0 Å². The molecule has 0 N–H and O–H groups in total. The Balaban J connectivity index is 1.92. The van der Waals surface area contributed by atoms with Crippen LogP contribution in [0.4, 0.5) is 0 Å². The van der Waals surface area contributed by atoms with E-state index in [1.807, 2.05) is 24.3 Å². The molecule has 1 aliphatic heterocycles. The molecule has 22 heavy (non-hydrogen) atoms. The third kappa shape index (κ3) is 3.08. The van der Waals surface area contributed by atoms with Crippen LogP contribution in [0.15, 0.2) is 28.7 Å². The highest BCUT2D eigenvalue weighted by Gasteiger charge is 2.24. The van der Waals surface area contributed by atoms with Gasteiger partial charge in [-0.05, 0) is 13.0 Å². The molecule has 0 aliphatic carbocycles. The van der Waals surface area contributed by atoms with E-state index in [9.17, 15) is 9.00 Å². The number of carbonyl (C=O) groups excluding carboxylic acids is 1. The van der Waals surface area contributed by atoms with E-state index in [-0.39, 0.29) is 5.97 Å². The third-order valence-electron chi connectivity index (χ3n) is 3.79. The van der Waals surface area contributed by atoms with Crippen LogP contribution in [0, 0.1) is 0 Å². The summed E-state index contributed by atoms with van der Waals surface area (Å²) in [5, 5.41) is 0.788. The maximum atomic E-state index is 12.3. The molecule has 2 aromatic rings. The Kier molecular flexibility index (Phi) is 4.59. The zero-order valence-electron chi connectivity index (χ0n) is 12.5. The Hall–Kier alpha value is -1.66. The van der Waals surface area contributed by atoms with Crippen LogP contribution in [-0.4, -0.2) is 46.3 Å². The second kappa shape index (κ2) is 6.62. The molecule has 1 aromatic carbocycles. The average Bonchev–Trinajstić information content (AvgIpc) is 2.87. The Morgan fingerprint density at radius 3 is 2.77 bits per heavy atom. The van der Waals surface area contributed by atoms with Crippen molar-refractivity contribution in [1.29, 1.82) is 0 Å². The van der Waals surface area contributed by atoms with Crippen LogP contribution in [-0.2, 0) is 22.1 Å². The largest absolute Gasteiger partial charge is 0.462 e. The summed E-state index contributed by atoms with van der Waals surface area (Å²) in [4.78, 5) is 14.5. The normalized spacial score (nSPS) is 17.0. The summed E-state index contributed by atoms with van der Waals surface area (Å²) in [7, 11) is -0.715. The zero-order valence-corrected chi connectivity index (χ0v) is 13.4. The van der Waals surface area contributed by atoms with Gasteiger partial charge in [0.2, 0.25) is 0 Å². The lowest BCUT2D eigenvalue weighted by atomic mass is 10.1. The summed E-state index contributed by atoms with van der Waals surface area (Å²) in [6.45, 7) is 4.18. The molecule has 1 fully saturated rings. The molecule has 0 spiro atoms. The van der Waals surface area contributed by atoms with Crippen LogP contribution < -0.4 is 0 Å². The van der Waals surface area contributed by atoms with E-state index in [4.69, 9.17) is 9.15 Å². The highest BCUT2D eigenvalue weighted by molar-refractivity contribution is 7.85. The van der Waals surface area contributed by atoms with Gasteiger partial charge >= 0.3 is 5.97 Å². The van der Waals surface area contributed by atoms with Gasteiger partial charge in [-0.3, -0.25) is 9.11 Å². The lowest BCUT2D eigenvalue weighted by molar-refractivity contribution is 0.0524. The molecule has 0 saturated carbocycles. The van der Waals surface area contributed by atoms with Gasteiger partial charge in [0, 0.05) is 40.8 Å². The predicted octanol–water partition coefficient (Wildman–Crippen LogP) is 2.17. The zero-order chi connectivity index (χ0) is 15.5. The average molecular weight is 321 g/mol. The van der Waals surface area contributed by atoms with Crippen LogP contribution >= 0.6 is 0 Å². The number of carbonyl (C=O) groups is 1. The molecular formula is C16H19NO4S. The number of hydrogen-bond acceptors (Lipinski definition) is 5. The summed E-state index contributed by atoms with van der Waals surface area (Å²) in [5.74, 6) is 1.64. The van der Waals surface area contributed by atoms with Crippen LogP contribution in [0.3, 0.4) is 0 Å². The molecule has 3 rings (SSSR count). The minimum absolute atomic E-state index is 0.334. The molecule has 118 valence electrons. The first-order valence-corrected chi connectivity index (χ1v) is 8.92. The van der Waals surface area contributed by atoms with E-state index < -0.39 is 10.8 Å². The fourth-order valence-corrected chi connectivity index (χ4v) is 3.80. The molecule has 1 aliphatic rings. The Labute approximate surface area is 131 Å². The van der Waals surface area contributed by atoms with Crippen molar-refractivity contribution >= 4 is 27.7 Å². The molecule has 0 bridgehead atoms. The van der Waals surface area contributed by atoms with Gasteiger partial charge in [-0.1, -0.05) is 18.2 Å². The van der Waals surface area contributed by atoms with E-state index in [0.29, 0.717) is 41.6 Å². The smallest absolute Gasteiger partial charge is 0.342 e. The van der Waals surface area contributed by atoms with Crippen molar-refractivity contribution in [1.82, 2.24) is 4.90 Å². The monoisotopic (exact) mass is 321 g/mol. The van der Waals surface area contributed by atoms with E-state index >= 15 is 0 Å². The van der Waals surface area contributed by atoms with Gasteiger partial charge in [0.15, 0.2) is 0 Å². The summed E-state index contributed by atoms with van der Waals surface area (Å²) < 4.78 is 22.5. The molecular weight excluding hydrogens is 302 g/mol. The first-order chi connectivity index (χ1) is 10.7. The molecule has 0 radical (unpaired) electrons. The van der Waals surface area contributed by atoms with Crippen molar-refractivity contribution in [2.45, 2.75) is 13.5 Å². The standard InChI is InChI=1S/C16H19NO4S/c1-2-20-16(18)15-12-5-3-4-6-13(12)21-14(15)11-17-7-9-22(19)10-8-17/h3-6H,2,7-11H2,1H3. The summed E-state index contributed by atoms with van der Waals surface area (Å²) in [6, 6.07) is 7.50. The summed E-state index contributed by atoms with van der Waals surface area (Å²) in [5.41, 5.74) is 1.21. The van der Waals surface area contributed by atoms with Gasteiger partial charge in [0.25, 0.3) is 0 Å². The third-order valence-corrected chi connectivity index (χ3v) is 5.06. The maximum Gasteiger partial charge on any atom is 0.342 e. The number of ether oxygens (including phenoxy) is 1. The minimum Gasteiger partial charge on any atom is -0.462 e. The second-order valence-electron chi connectivity index (χ2n) is 5.24. The second-order valence-corrected chi connectivity index (χ2v) is 6.94. The highest BCUT2D eigenvalue weighted by Crippen LogP contribution is 2.28. The van der Waals surface area contributed by atoms with Gasteiger partial charge in [-0.15, -0.1) is 0 Å². The molecule has 0 atom stereocenters. The van der Waals surface area contributed by atoms with Crippen molar-refractivity contribution in [2.75, 3.05) is 31.2 Å². The van der Waals surface area contributed by atoms with E-state index in [1.165, 1.54) is 0 Å². The molecule has 0 amide bonds. The van der Waals surface area contributed by atoms with Crippen LogP contribution in [0.2, 0.25) is 0 Å². The highest BCUT2D eigenvalue weighted by atomic mass is 32.2. The van der Waals surface area contributed by atoms with Gasteiger partial charge in [0.1, 0.15) is 16.9 Å². The number of hydrogen-bond donors (Lipinski definition) is 0. The Morgan fingerprint density at radius 1 is 1.32 bits per heavy atom. The maximum absolute atomic E-state index is 12.3. The molecule has 1 saturated heterocycles.